The van der Waals surface area contributed by atoms with Gasteiger partial charge in [0.1, 0.15) is 32.9 Å². The van der Waals surface area contributed by atoms with Crippen LogP contribution in [0, 0.1) is 11.6 Å². The van der Waals surface area contributed by atoms with Crippen LogP contribution in [0.25, 0.3) is 0 Å². The molecule has 0 N–H and O–H groups in total. The second-order valence-corrected chi connectivity index (χ2v) is 13.6. The topological polar surface area (TPSA) is 86.7 Å². The van der Waals surface area contributed by atoms with Gasteiger partial charge >= 0.3 is 20.2 Å². The molecule has 0 aromatic heterocycles. The smallest absolute Gasteiger partial charge is 0.339 e. The first kappa shape index (κ1) is 31.7. The Bertz CT molecular complexity index is 2030. The Morgan fingerprint density at radius 3 is 1.00 bits per heavy atom. The van der Waals surface area contributed by atoms with Crippen LogP contribution in [0.4, 0.5) is 8.78 Å². The van der Waals surface area contributed by atoms with Gasteiger partial charge in [-0.15, -0.1) is 0 Å². The molecule has 0 saturated carbocycles. The summed E-state index contributed by atoms with van der Waals surface area (Å²) in [7, 11) is -8.45. The van der Waals surface area contributed by atoms with Gasteiger partial charge in [0.05, 0.1) is 5.41 Å². The van der Waals surface area contributed by atoms with Crippen molar-refractivity contribution < 1.29 is 34.0 Å². The van der Waals surface area contributed by atoms with Crippen molar-refractivity contribution in [3.05, 3.63) is 192 Å². The number of benzene rings is 6. The molecule has 236 valence electrons. The highest BCUT2D eigenvalue weighted by Crippen LogP contribution is 2.46. The van der Waals surface area contributed by atoms with E-state index in [1.165, 1.54) is 0 Å². The maximum atomic E-state index is 13.4. The van der Waals surface area contributed by atoms with Crippen LogP contribution in [0.1, 0.15) is 22.3 Å². The lowest BCUT2D eigenvalue weighted by Crippen LogP contribution is -2.31. The fourth-order valence-corrected chi connectivity index (χ4v) is 7.31. The maximum Gasteiger partial charge on any atom is 0.339 e. The van der Waals surface area contributed by atoms with Gasteiger partial charge in [0.15, 0.2) is 0 Å². The lowest BCUT2D eigenvalue weighted by atomic mass is 9.65. The first-order chi connectivity index (χ1) is 22.6. The van der Waals surface area contributed by atoms with Gasteiger partial charge in [0.2, 0.25) is 0 Å². The van der Waals surface area contributed by atoms with Crippen molar-refractivity contribution in [3.63, 3.8) is 0 Å². The third kappa shape index (κ3) is 6.51. The summed E-state index contributed by atoms with van der Waals surface area (Å²) in [5.41, 5.74) is 2.33. The van der Waals surface area contributed by atoms with E-state index in [0.29, 0.717) is 0 Å². The molecular weight excluding hydrogens is 643 g/mol. The van der Waals surface area contributed by atoms with Crippen molar-refractivity contribution >= 4 is 20.2 Å². The van der Waals surface area contributed by atoms with Crippen LogP contribution in [0.3, 0.4) is 0 Å². The van der Waals surface area contributed by atoms with Gasteiger partial charge in [-0.05, 0) is 95.1 Å². The van der Waals surface area contributed by atoms with E-state index >= 15 is 0 Å². The van der Waals surface area contributed by atoms with Gasteiger partial charge in [0, 0.05) is 0 Å². The zero-order valence-corrected chi connectivity index (χ0v) is 26.2. The molecule has 0 aliphatic carbocycles. The van der Waals surface area contributed by atoms with E-state index in [-0.39, 0.29) is 21.3 Å². The predicted molar refractivity (Wildman–Crippen MR) is 173 cm³/mol. The third-order valence-electron chi connectivity index (χ3n) is 7.60. The molecular formula is C37H26F2O6S2. The van der Waals surface area contributed by atoms with Crippen molar-refractivity contribution in [1.82, 2.24) is 0 Å². The first-order valence-corrected chi connectivity index (χ1v) is 17.1. The SMILES string of the molecule is O=S(=O)(Oc1ccc(C(c2ccccc2)(c2ccccc2)c2ccc(OS(=O)(=O)c3ccc(F)cc3)cc2)cc1)c1ccc(F)cc1. The van der Waals surface area contributed by atoms with E-state index in [2.05, 4.69) is 0 Å². The summed E-state index contributed by atoms with van der Waals surface area (Å²) < 4.78 is 89.0. The second kappa shape index (κ2) is 12.8. The minimum absolute atomic E-state index is 0.0582. The minimum atomic E-state index is -4.23. The number of rotatable bonds is 10. The van der Waals surface area contributed by atoms with E-state index in [1.54, 1.807) is 48.5 Å². The van der Waals surface area contributed by atoms with E-state index < -0.39 is 37.3 Å². The summed E-state index contributed by atoms with van der Waals surface area (Å²) in [5.74, 6) is -1.02. The Balaban J connectivity index is 1.43. The Morgan fingerprint density at radius 1 is 0.383 bits per heavy atom. The van der Waals surface area contributed by atoms with Crippen LogP contribution in [-0.2, 0) is 25.7 Å². The molecule has 6 nitrogen and oxygen atoms in total. The van der Waals surface area contributed by atoms with E-state index in [4.69, 9.17) is 8.37 Å². The zero-order chi connectivity index (χ0) is 33.1. The van der Waals surface area contributed by atoms with Crippen LogP contribution in [-0.4, -0.2) is 16.8 Å². The fourth-order valence-electron chi connectivity index (χ4n) is 5.45. The van der Waals surface area contributed by atoms with Gasteiger partial charge in [-0.3, -0.25) is 0 Å². The van der Waals surface area contributed by atoms with E-state index in [9.17, 15) is 25.6 Å². The molecule has 0 amide bonds. The van der Waals surface area contributed by atoms with E-state index in [1.807, 2.05) is 60.7 Å². The van der Waals surface area contributed by atoms with E-state index in [0.717, 1.165) is 70.8 Å². The lowest BCUT2D eigenvalue weighted by molar-refractivity contribution is 0.484. The van der Waals surface area contributed by atoms with Crippen LogP contribution in [0.2, 0.25) is 0 Å². The molecule has 10 heteroatoms. The van der Waals surface area contributed by atoms with Crippen LogP contribution in [0.5, 0.6) is 11.5 Å². The molecule has 0 atom stereocenters. The third-order valence-corrected chi connectivity index (χ3v) is 10.1. The Hall–Kier alpha value is -5.32. The molecule has 0 unspecified atom stereocenters. The van der Waals surface area contributed by atoms with Crippen molar-refractivity contribution in [3.8, 4) is 11.5 Å². The van der Waals surface area contributed by atoms with Gasteiger partial charge in [-0.2, -0.15) is 16.8 Å². The highest BCUT2D eigenvalue weighted by atomic mass is 32.2. The van der Waals surface area contributed by atoms with Gasteiger partial charge in [0.25, 0.3) is 0 Å². The van der Waals surface area contributed by atoms with Crippen molar-refractivity contribution in [2.45, 2.75) is 15.2 Å². The van der Waals surface area contributed by atoms with Crippen LogP contribution < -0.4 is 8.37 Å². The standard InChI is InChI=1S/C37H26F2O6S2/c38-31-15-23-35(24-16-31)46(40,41)44-33-19-11-29(12-20-33)37(27-7-3-1-4-8-27,28-9-5-2-6-10-28)30-13-21-34(22-14-30)45-47(42,43)36-25-17-32(39)18-26-36/h1-26H. The monoisotopic (exact) mass is 668 g/mol. The Labute approximate surface area is 271 Å². The molecule has 0 aliphatic rings. The Morgan fingerprint density at radius 2 is 0.681 bits per heavy atom. The average Bonchev–Trinajstić information content (AvgIpc) is 3.08. The number of halogens is 2. The van der Waals surface area contributed by atoms with Crippen LogP contribution >= 0.6 is 0 Å². The average molecular weight is 669 g/mol. The molecule has 6 aromatic rings. The maximum absolute atomic E-state index is 13.4. The summed E-state index contributed by atoms with van der Waals surface area (Å²) in [4.78, 5) is -0.371. The molecule has 0 aliphatic heterocycles. The Kier molecular flexibility index (Phi) is 8.63. The highest BCUT2D eigenvalue weighted by Gasteiger charge is 2.38. The summed E-state index contributed by atoms with van der Waals surface area (Å²) in [6, 6.07) is 41.3. The second-order valence-electron chi connectivity index (χ2n) is 10.5. The minimum Gasteiger partial charge on any atom is -0.379 e. The molecule has 6 rings (SSSR count). The largest absolute Gasteiger partial charge is 0.379 e. The molecule has 47 heavy (non-hydrogen) atoms. The van der Waals surface area contributed by atoms with Crippen molar-refractivity contribution in [2.24, 2.45) is 0 Å². The molecule has 0 fully saturated rings. The van der Waals surface area contributed by atoms with Gasteiger partial charge in [-0.1, -0.05) is 84.9 Å². The van der Waals surface area contributed by atoms with Gasteiger partial charge < -0.3 is 8.37 Å². The van der Waals surface area contributed by atoms with Crippen molar-refractivity contribution in [1.29, 1.82) is 0 Å². The van der Waals surface area contributed by atoms with Crippen LogP contribution in [0.15, 0.2) is 168 Å². The molecule has 0 spiro atoms. The molecule has 0 heterocycles. The molecule has 0 saturated heterocycles. The molecule has 6 aromatic carbocycles. The number of hydrogen-bond donors (Lipinski definition) is 0. The highest BCUT2D eigenvalue weighted by molar-refractivity contribution is 7.87. The lowest BCUT2D eigenvalue weighted by Gasteiger charge is -2.37. The predicted octanol–water partition coefficient (Wildman–Crippen LogP) is 7.88. The molecule has 0 radical (unpaired) electrons. The first-order valence-electron chi connectivity index (χ1n) is 14.3. The number of hydrogen-bond acceptors (Lipinski definition) is 6. The summed E-state index contributed by atoms with van der Waals surface area (Å²) in [5, 5.41) is 0. The fraction of sp³-hybridized carbons (Fsp3) is 0.0270. The quantitative estimate of drug-likeness (QED) is 0.109. The molecule has 0 bridgehead atoms. The normalized spacial score (nSPS) is 12.0. The zero-order valence-electron chi connectivity index (χ0n) is 24.5. The van der Waals surface area contributed by atoms with Gasteiger partial charge in [-0.25, -0.2) is 8.78 Å². The summed E-state index contributed by atoms with van der Waals surface area (Å²) in [6.07, 6.45) is 0. The summed E-state index contributed by atoms with van der Waals surface area (Å²) >= 11 is 0. The summed E-state index contributed by atoms with van der Waals surface area (Å²) in [6.45, 7) is 0. The van der Waals surface area contributed by atoms with Crippen molar-refractivity contribution in [2.75, 3.05) is 0 Å².